The molecule has 6 nitrogen and oxygen atoms in total. The molecule has 1 heterocycles. The first kappa shape index (κ1) is 14.0. The van der Waals surface area contributed by atoms with Crippen LogP contribution >= 0.6 is 0 Å². The van der Waals surface area contributed by atoms with E-state index < -0.39 is 5.91 Å². The molecule has 1 aromatic rings. The predicted molar refractivity (Wildman–Crippen MR) is 67.3 cm³/mol. The first-order valence-electron chi connectivity index (χ1n) is 5.66. The van der Waals surface area contributed by atoms with Crippen LogP contribution in [0.5, 0.6) is 0 Å². The van der Waals surface area contributed by atoms with Gasteiger partial charge in [0.2, 0.25) is 0 Å². The van der Waals surface area contributed by atoms with E-state index in [2.05, 4.69) is 9.72 Å². The number of rotatable bonds is 6. The van der Waals surface area contributed by atoms with E-state index in [0.29, 0.717) is 24.5 Å². The van der Waals surface area contributed by atoms with Crippen LogP contribution in [0.4, 0.5) is 5.82 Å². The Morgan fingerprint density at radius 3 is 2.78 bits per heavy atom. The molecule has 0 saturated carbocycles. The van der Waals surface area contributed by atoms with Gasteiger partial charge in [0, 0.05) is 19.3 Å². The summed E-state index contributed by atoms with van der Waals surface area (Å²) in [5.74, 6) is -0.337. The zero-order chi connectivity index (χ0) is 13.5. The second kappa shape index (κ2) is 6.58. The maximum absolute atomic E-state index is 11.3. The quantitative estimate of drug-likeness (QED) is 0.747. The van der Waals surface area contributed by atoms with Crippen LogP contribution in [-0.4, -0.2) is 37.1 Å². The number of aromatic nitrogens is 1. The van der Waals surface area contributed by atoms with Crippen LogP contribution in [0.1, 0.15) is 23.7 Å². The molecule has 0 atom stereocenters. The second-order valence-corrected chi connectivity index (χ2v) is 3.64. The van der Waals surface area contributed by atoms with Gasteiger partial charge in [-0.3, -0.25) is 9.59 Å². The van der Waals surface area contributed by atoms with Crippen molar-refractivity contribution in [2.75, 3.05) is 25.1 Å². The minimum Gasteiger partial charge on any atom is -0.469 e. The Morgan fingerprint density at radius 1 is 1.50 bits per heavy atom. The number of hydrogen-bond donors (Lipinski definition) is 1. The topological polar surface area (TPSA) is 85.5 Å². The van der Waals surface area contributed by atoms with Crippen LogP contribution in [0.15, 0.2) is 18.3 Å². The number of nitrogens with zero attached hydrogens (tertiary/aromatic N) is 2. The number of pyridine rings is 1. The molecule has 0 saturated heterocycles. The minimum atomic E-state index is -0.533. The highest BCUT2D eigenvalue weighted by atomic mass is 16.5. The summed E-state index contributed by atoms with van der Waals surface area (Å²) in [5.41, 5.74) is 5.64. The Hall–Kier alpha value is -2.11. The largest absolute Gasteiger partial charge is 0.469 e. The van der Waals surface area contributed by atoms with E-state index in [1.165, 1.54) is 7.11 Å². The van der Waals surface area contributed by atoms with Crippen molar-refractivity contribution in [3.63, 3.8) is 0 Å². The average molecular weight is 251 g/mol. The highest BCUT2D eigenvalue weighted by molar-refractivity contribution is 5.97. The third kappa shape index (κ3) is 3.44. The van der Waals surface area contributed by atoms with E-state index in [1.807, 2.05) is 11.8 Å². The molecule has 6 heteroatoms. The normalized spacial score (nSPS) is 9.89. The van der Waals surface area contributed by atoms with E-state index in [0.717, 1.165) is 0 Å². The molecule has 98 valence electrons. The minimum absolute atomic E-state index is 0.235. The van der Waals surface area contributed by atoms with Gasteiger partial charge in [0.1, 0.15) is 5.82 Å². The first-order valence-corrected chi connectivity index (χ1v) is 5.66. The summed E-state index contributed by atoms with van der Waals surface area (Å²) in [6.07, 6.45) is 1.82. The summed E-state index contributed by atoms with van der Waals surface area (Å²) in [6, 6.07) is 3.27. The summed E-state index contributed by atoms with van der Waals surface area (Å²) < 4.78 is 4.58. The van der Waals surface area contributed by atoms with Crippen LogP contribution < -0.4 is 10.6 Å². The Bertz CT molecular complexity index is 434. The van der Waals surface area contributed by atoms with E-state index in [9.17, 15) is 9.59 Å². The highest BCUT2D eigenvalue weighted by Crippen LogP contribution is 2.16. The molecule has 0 aromatic carbocycles. The van der Waals surface area contributed by atoms with Gasteiger partial charge in [0.05, 0.1) is 19.1 Å². The Balaban J connectivity index is 2.88. The van der Waals surface area contributed by atoms with E-state index in [4.69, 9.17) is 5.73 Å². The number of nitrogens with two attached hydrogens (primary N) is 1. The first-order chi connectivity index (χ1) is 8.60. The molecular weight excluding hydrogens is 234 g/mol. The lowest BCUT2D eigenvalue weighted by Gasteiger charge is -2.22. The van der Waals surface area contributed by atoms with Gasteiger partial charge in [0.25, 0.3) is 5.91 Å². The number of primary amides is 1. The van der Waals surface area contributed by atoms with Gasteiger partial charge in [-0.15, -0.1) is 0 Å². The lowest BCUT2D eigenvalue weighted by molar-refractivity contribution is -0.140. The molecule has 18 heavy (non-hydrogen) atoms. The lowest BCUT2D eigenvalue weighted by atomic mass is 10.2. The van der Waals surface area contributed by atoms with Gasteiger partial charge in [-0.05, 0) is 19.1 Å². The number of esters is 1. The number of amides is 1. The van der Waals surface area contributed by atoms with Crippen LogP contribution in [0.3, 0.4) is 0 Å². The fourth-order valence-electron chi connectivity index (χ4n) is 1.58. The summed E-state index contributed by atoms with van der Waals surface area (Å²) in [7, 11) is 1.34. The molecule has 1 rings (SSSR count). The molecule has 1 aromatic heterocycles. The third-order valence-corrected chi connectivity index (χ3v) is 2.55. The third-order valence-electron chi connectivity index (χ3n) is 2.55. The van der Waals surface area contributed by atoms with Crippen LogP contribution in [0, 0.1) is 0 Å². The SMILES string of the molecule is CCN(CCC(=O)OC)c1ncccc1C(N)=O. The lowest BCUT2D eigenvalue weighted by Crippen LogP contribution is -2.29. The number of ether oxygens (including phenoxy) is 1. The average Bonchev–Trinajstić information content (AvgIpc) is 2.39. The number of carbonyl (C=O) groups is 2. The van der Waals surface area contributed by atoms with Crippen molar-refractivity contribution in [1.29, 1.82) is 0 Å². The Kier molecular flexibility index (Phi) is 5.10. The molecular formula is C12H17N3O3. The number of carbonyl (C=O) groups excluding carboxylic acids is 2. The summed E-state index contributed by atoms with van der Waals surface area (Å²) in [6.45, 7) is 2.96. The van der Waals surface area contributed by atoms with Crippen LogP contribution in [0.25, 0.3) is 0 Å². The van der Waals surface area contributed by atoms with Crippen LogP contribution in [-0.2, 0) is 9.53 Å². The molecule has 0 bridgehead atoms. The smallest absolute Gasteiger partial charge is 0.307 e. The van der Waals surface area contributed by atoms with E-state index in [-0.39, 0.29) is 12.4 Å². The molecule has 0 spiro atoms. The van der Waals surface area contributed by atoms with Crippen molar-refractivity contribution in [1.82, 2.24) is 4.98 Å². The van der Waals surface area contributed by atoms with Gasteiger partial charge < -0.3 is 15.4 Å². The standard InChI is InChI=1S/C12H17N3O3/c1-3-15(8-6-10(16)18-2)12-9(11(13)17)5-4-7-14-12/h4-5,7H,3,6,8H2,1-2H3,(H2,13,17). The fourth-order valence-corrected chi connectivity index (χ4v) is 1.58. The zero-order valence-corrected chi connectivity index (χ0v) is 10.5. The summed E-state index contributed by atoms with van der Waals surface area (Å²) in [5, 5.41) is 0. The molecule has 2 N–H and O–H groups in total. The summed E-state index contributed by atoms with van der Waals surface area (Å²) >= 11 is 0. The van der Waals surface area contributed by atoms with Crippen molar-refractivity contribution < 1.29 is 14.3 Å². The Labute approximate surface area is 106 Å². The molecule has 0 unspecified atom stereocenters. The van der Waals surface area contributed by atoms with Gasteiger partial charge in [0.15, 0.2) is 0 Å². The van der Waals surface area contributed by atoms with Gasteiger partial charge >= 0.3 is 5.97 Å². The molecule has 1 amide bonds. The molecule has 0 fully saturated rings. The fraction of sp³-hybridized carbons (Fsp3) is 0.417. The second-order valence-electron chi connectivity index (χ2n) is 3.64. The number of anilines is 1. The van der Waals surface area contributed by atoms with Crippen molar-refractivity contribution in [2.45, 2.75) is 13.3 Å². The zero-order valence-electron chi connectivity index (χ0n) is 10.5. The molecule has 0 aliphatic heterocycles. The molecule has 0 radical (unpaired) electrons. The van der Waals surface area contributed by atoms with Gasteiger partial charge in [-0.1, -0.05) is 0 Å². The predicted octanol–water partition coefficient (Wildman–Crippen LogP) is 0.570. The summed E-state index contributed by atoms with van der Waals surface area (Å²) in [4.78, 5) is 28.4. The van der Waals surface area contributed by atoms with Gasteiger partial charge in [-0.2, -0.15) is 0 Å². The maximum Gasteiger partial charge on any atom is 0.307 e. The number of hydrogen-bond acceptors (Lipinski definition) is 5. The van der Waals surface area contributed by atoms with Crippen molar-refractivity contribution >= 4 is 17.7 Å². The maximum atomic E-state index is 11.3. The van der Waals surface area contributed by atoms with Gasteiger partial charge in [-0.25, -0.2) is 4.98 Å². The highest BCUT2D eigenvalue weighted by Gasteiger charge is 2.15. The van der Waals surface area contributed by atoms with E-state index >= 15 is 0 Å². The van der Waals surface area contributed by atoms with Crippen molar-refractivity contribution in [3.8, 4) is 0 Å². The monoisotopic (exact) mass is 251 g/mol. The number of methoxy groups -OCH3 is 1. The van der Waals surface area contributed by atoms with E-state index in [1.54, 1.807) is 18.3 Å². The van der Waals surface area contributed by atoms with Crippen LogP contribution in [0.2, 0.25) is 0 Å². The molecule has 0 aliphatic rings. The molecule has 0 aliphatic carbocycles. The Morgan fingerprint density at radius 2 is 2.22 bits per heavy atom. The van der Waals surface area contributed by atoms with Crippen molar-refractivity contribution in [2.24, 2.45) is 5.73 Å². The van der Waals surface area contributed by atoms with Crippen molar-refractivity contribution in [3.05, 3.63) is 23.9 Å².